The Hall–Kier alpha value is -0.193. The molecule has 0 bridgehead atoms. The van der Waals surface area contributed by atoms with E-state index < -0.39 is 15.7 Å². The summed E-state index contributed by atoms with van der Waals surface area (Å²) in [7, 11) is -2.18. The minimum atomic E-state index is -3.20. The molecule has 1 rings (SSSR count). The van der Waals surface area contributed by atoms with E-state index in [2.05, 4.69) is 35.6 Å². The fourth-order valence-electron chi connectivity index (χ4n) is 1.72. The van der Waals surface area contributed by atoms with Crippen LogP contribution in [0, 0.1) is 0 Å². The summed E-state index contributed by atoms with van der Waals surface area (Å²) in [4.78, 5) is 0.789. The fourth-order valence-corrected chi connectivity index (χ4v) is 7.38. The molecule has 0 fully saturated rings. The highest BCUT2D eigenvalue weighted by molar-refractivity contribution is 9.10. The van der Waals surface area contributed by atoms with Crippen LogP contribution >= 0.6 is 23.5 Å². The Balaban J connectivity index is 3.43. The van der Waals surface area contributed by atoms with E-state index in [4.69, 9.17) is 9.05 Å². The molecule has 0 heterocycles. The van der Waals surface area contributed by atoms with Gasteiger partial charge < -0.3 is 9.05 Å². The zero-order chi connectivity index (χ0) is 14.7. The lowest BCUT2D eigenvalue weighted by Crippen LogP contribution is -2.24. The van der Waals surface area contributed by atoms with Crippen molar-refractivity contribution in [2.24, 2.45) is 0 Å². The van der Waals surface area contributed by atoms with Crippen LogP contribution in [0.25, 0.3) is 6.08 Å². The van der Waals surface area contributed by atoms with E-state index in [1.807, 2.05) is 30.3 Å². The lowest BCUT2D eigenvalue weighted by Gasteiger charge is -2.26. The Morgan fingerprint density at radius 1 is 1.21 bits per heavy atom. The van der Waals surface area contributed by atoms with Crippen LogP contribution in [0.5, 0.6) is 0 Å². The van der Waals surface area contributed by atoms with Crippen molar-refractivity contribution in [3.05, 3.63) is 39.2 Å². The first kappa shape index (κ1) is 16.9. The second-order valence-electron chi connectivity index (χ2n) is 5.16. The fraction of sp³-hybridized carbons (Fsp3) is 0.385. The zero-order valence-corrected chi connectivity index (χ0v) is 15.4. The molecule has 0 aliphatic heterocycles. The first-order valence-corrected chi connectivity index (χ1v) is 11.8. The van der Waals surface area contributed by atoms with E-state index >= 15 is 0 Å². The summed E-state index contributed by atoms with van der Waals surface area (Å²) in [5, 5.41) is 0. The predicted molar refractivity (Wildman–Crippen MR) is 87.1 cm³/mol. The highest BCUT2D eigenvalue weighted by atomic mass is 79.9. The van der Waals surface area contributed by atoms with Gasteiger partial charge >= 0.3 is 7.60 Å². The summed E-state index contributed by atoms with van der Waals surface area (Å²) in [6.45, 7) is 6.38. The molecule has 0 atom stereocenters. The molecule has 1 aromatic carbocycles. The molecular weight excluding hydrogens is 343 g/mol. The number of hydrogen-bond acceptors (Lipinski definition) is 3. The van der Waals surface area contributed by atoms with Crippen LogP contribution in [0.15, 0.2) is 33.7 Å². The predicted octanol–water partition coefficient (Wildman–Crippen LogP) is 5.15. The van der Waals surface area contributed by atoms with E-state index in [-0.39, 0.29) is 0 Å². The quantitative estimate of drug-likeness (QED) is 0.536. The minimum absolute atomic E-state index is 0.789. The van der Waals surface area contributed by atoms with E-state index in [9.17, 15) is 4.57 Å². The van der Waals surface area contributed by atoms with E-state index in [0.717, 1.165) is 15.0 Å². The first-order valence-electron chi connectivity index (χ1n) is 5.93. The van der Waals surface area contributed by atoms with Gasteiger partial charge in [-0.25, -0.2) is 0 Å². The van der Waals surface area contributed by atoms with Crippen LogP contribution in [-0.2, 0) is 13.6 Å². The second kappa shape index (κ2) is 6.51. The van der Waals surface area contributed by atoms with Gasteiger partial charge in [-0.15, -0.1) is 0 Å². The van der Waals surface area contributed by atoms with Crippen molar-refractivity contribution >= 4 is 37.7 Å². The van der Waals surface area contributed by atoms with Crippen LogP contribution in [0.3, 0.4) is 0 Å². The summed E-state index contributed by atoms with van der Waals surface area (Å²) in [6.07, 6.45) is 1.93. The maximum Gasteiger partial charge on any atom is 0.352 e. The van der Waals surface area contributed by atoms with Gasteiger partial charge in [0.2, 0.25) is 0 Å². The highest BCUT2D eigenvalue weighted by Crippen LogP contribution is 2.58. The molecule has 3 nitrogen and oxygen atoms in total. The molecule has 0 aromatic heterocycles. The standard InChI is InChI=1S/C13H20BrO3PSi/c1-16-18(15,17-2)13(19(3,4)5)10-11-8-6-7-9-12(11)14/h6-10H,1-5H3/b13-10-. The van der Waals surface area contributed by atoms with E-state index in [1.54, 1.807) is 0 Å². The van der Waals surface area contributed by atoms with Crippen LogP contribution < -0.4 is 0 Å². The van der Waals surface area contributed by atoms with Gasteiger partial charge in [0.1, 0.15) is 0 Å². The van der Waals surface area contributed by atoms with Gasteiger partial charge in [-0.05, 0) is 17.7 Å². The van der Waals surface area contributed by atoms with Gasteiger partial charge in [0, 0.05) is 23.6 Å². The van der Waals surface area contributed by atoms with Gasteiger partial charge in [0.15, 0.2) is 0 Å². The summed E-state index contributed by atoms with van der Waals surface area (Å²) in [5.74, 6) is 0. The van der Waals surface area contributed by atoms with Crippen LogP contribution in [0.4, 0.5) is 0 Å². The first-order chi connectivity index (χ1) is 8.74. The summed E-state index contributed by atoms with van der Waals surface area (Å²) >= 11 is 3.50. The second-order valence-corrected chi connectivity index (χ2v) is 13.7. The maximum absolute atomic E-state index is 12.7. The molecule has 0 aliphatic carbocycles. The molecule has 0 amide bonds. The molecule has 0 radical (unpaired) electrons. The molecule has 19 heavy (non-hydrogen) atoms. The van der Waals surface area contributed by atoms with Crippen LogP contribution in [0.1, 0.15) is 5.56 Å². The molecule has 0 saturated heterocycles. The Kier molecular flexibility index (Phi) is 5.77. The average molecular weight is 363 g/mol. The molecule has 0 N–H and O–H groups in total. The number of rotatable bonds is 5. The molecular formula is C13H20BrO3PSi. The topological polar surface area (TPSA) is 35.5 Å². The van der Waals surface area contributed by atoms with Crippen LogP contribution in [0.2, 0.25) is 19.6 Å². The number of halogens is 1. The third kappa shape index (κ3) is 4.13. The largest absolute Gasteiger partial charge is 0.352 e. The Bertz CT molecular complexity index is 515. The lowest BCUT2D eigenvalue weighted by atomic mass is 10.2. The van der Waals surface area contributed by atoms with Crippen molar-refractivity contribution in [1.82, 2.24) is 0 Å². The normalized spacial score (nSPS) is 13.7. The number of hydrogen-bond donors (Lipinski definition) is 0. The summed E-state index contributed by atoms with van der Waals surface area (Å²) < 4.78 is 24.0. The molecule has 0 unspecified atom stereocenters. The molecule has 0 spiro atoms. The number of benzene rings is 1. The molecule has 0 aliphatic rings. The SMILES string of the molecule is COP(=O)(OC)/C(=C/c1ccccc1Br)[Si](C)(C)C. The van der Waals surface area contributed by atoms with Crippen molar-refractivity contribution in [1.29, 1.82) is 0 Å². The highest BCUT2D eigenvalue weighted by Gasteiger charge is 2.37. The molecule has 106 valence electrons. The summed E-state index contributed by atoms with van der Waals surface area (Å²) in [6, 6.07) is 7.82. The Morgan fingerprint density at radius 2 is 1.74 bits per heavy atom. The van der Waals surface area contributed by atoms with Crippen LogP contribution in [-0.4, -0.2) is 22.3 Å². The van der Waals surface area contributed by atoms with Crippen molar-refractivity contribution in [2.75, 3.05) is 14.2 Å². The van der Waals surface area contributed by atoms with Gasteiger partial charge in [0.05, 0.1) is 8.07 Å². The van der Waals surface area contributed by atoms with E-state index in [0.29, 0.717) is 0 Å². The lowest BCUT2D eigenvalue weighted by molar-refractivity contribution is 0.285. The monoisotopic (exact) mass is 362 g/mol. The van der Waals surface area contributed by atoms with Crippen molar-refractivity contribution in [3.8, 4) is 0 Å². The average Bonchev–Trinajstić information content (AvgIpc) is 2.35. The van der Waals surface area contributed by atoms with E-state index in [1.165, 1.54) is 14.2 Å². The Morgan fingerprint density at radius 3 is 2.16 bits per heavy atom. The van der Waals surface area contributed by atoms with Gasteiger partial charge in [-0.3, -0.25) is 4.57 Å². The summed E-state index contributed by atoms with van der Waals surface area (Å²) in [5.41, 5.74) is 0.981. The minimum Gasteiger partial charge on any atom is -0.309 e. The molecule has 0 saturated carbocycles. The molecule has 6 heteroatoms. The Labute approximate surface area is 124 Å². The van der Waals surface area contributed by atoms with Gasteiger partial charge in [-0.2, -0.15) is 0 Å². The maximum atomic E-state index is 12.7. The third-order valence-corrected chi connectivity index (χ3v) is 9.66. The van der Waals surface area contributed by atoms with Gasteiger partial charge in [-0.1, -0.05) is 53.8 Å². The zero-order valence-electron chi connectivity index (χ0n) is 11.9. The van der Waals surface area contributed by atoms with Gasteiger partial charge in [0.25, 0.3) is 0 Å². The third-order valence-electron chi connectivity index (χ3n) is 2.74. The smallest absolute Gasteiger partial charge is 0.309 e. The van der Waals surface area contributed by atoms with Crippen molar-refractivity contribution in [3.63, 3.8) is 0 Å². The van der Waals surface area contributed by atoms with Crippen molar-refractivity contribution in [2.45, 2.75) is 19.6 Å². The molecule has 1 aromatic rings. The van der Waals surface area contributed by atoms with Crippen molar-refractivity contribution < 1.29 is 13.6 Å².